The number of fused-ring (bicyclic) bond motifs is 3. The van der Waals surface area contributed by atoms with Crippen molar-refractivity contribution in [1.82, 2.24) is 0 Å². The molecular weight excluding hydrogens is 176 g/mol. The average molecular weight is 198 g/mol. The van der Waals surface area contributed by atoms with Gasteiger partial charge in [0.25, 0.3) is 0 Å². The van der Waals surface area contributed by atoms with Crippen LogP contribution < -0.4 is 0 Å². The molecule has 0 N–H and O–H groups in total. The lowest BCUT2D eigenvalue weighted by molar-refractivity contribution is 0.286. The van der Waals surface area contributed by atoms with E-state index in [2.05, 4.69) is 25.6 Å². The molecule has 2 bridgehead atoms. The molecule has 0 amide bonds. The van der Waals surface area contributed by atoms with Gasteiger partial charge in [-0.05, 0) is 37.5 Å². The molecule has 13 heavy (non-hydrogen) atoms. The minimum Gasteiger partial charge on any atom is -0.155 e. The van der Waals surface area contributed by atoms with E-state index in [-0.39, 0.29) is 0 Å². The highest BCUT2D eigenvalue weighted by Crippen LogP contribution is 2.49. The van der Waals surface area contributed by atoms with Crippen LogP contribution in [0.5, 0.6) is 0 Å². The van der Waals surface area contributed by atoms with Gasteiger partial charge in [-0.1, -0.05) is 26.7 Å². The second-order valence-electron chi connectivity index (χ2n) is 4.77. The van der Waals surface area contributed by atoms with Crippen molar-refractivity contribution in [3.8, 4) is 0 Å². The van der Waals surface area contributed by atoms with Crippen LogP contribution in [0.25, 0.3) is 0 Å². The molecule has 76 valence electrons. The summed E-state index contributed by atoms with van der Waals surface area (Å²) >= 11 is 2.28. The maximum absolute atomic E-state index is 2.37. The van der Waals surface area contributed by atoms with Gasteiger partial charge in [-0.2, -0.15) is 11.8 Å². The van der Waals surface area contributed by atoms with Crippen LogP contribution in [-0.2, 0) is 0 Å². The molecule has 0 aromatic rings. The highest BCUT2D eigenvalue weighted by atomic mass is 32.2. The molecule has 1 aliphatic carbocycles. The summed E-state index contributed by atoms with van der Waals surface area (Å²) in [4.78, 5) is 0. The molecule has 1 saturated carbocycles. The second kappa shape index (κ2) is 4.25. The first-order valence-electron chi connectivity index (χ1n) is 5.98. The monoisotopic (exact) mass is 198 g/mol. The van der Waals surface area contributed by atoms with Crippen LogP contribution >= 0.6 is 11.8 Å². The minimum atomic E-state index is 1.03. The highest BCUT2D eigenvalue weighted by molar-refractivity contribution is 8.01. The third kappa shape index (κ3) is 2.06. The number of hydrogen-bond acceptors (Lipinski definition) is 1. The molecule has 0 spiro atoms. The molecule has 0 radical (unpaired) electrons. The Balaban J connectivity index is 1.90. The first-order valence-corrected chi connectivity index (χ1v) is 6.93. The Bertz CT molecular complexity index is 157. The first-order chi connectivity index (χ1) is 6.33. The van der Waals surface area contributed by atoms with Crippen molar-refractivity contribution in [1.29, 1.82) is 0 Å². The Hall–Kier alpha value is 0.350. The Morgan fingerprint density at radius 3 is 2.38 bits per heavy atom. The summed E-state index contributed by atoms with van der Waals surface area (Å²) in [5.74, 6) is 2.10. The van der Waals surface area contributed by atoms with Gasteiger partial charge in [-0.3, -0.25) is 0 Å². The molecule has 3 aliphatic rings. The van der Waals surface area contributed by atoms with E-state index in [1.807, 2.05) is 0 Å². The van der Waals surface area contributed by atoms with Crippen molar-refractivity contribution >= 4 is 11.8 Å². The smallest absolute Gasteiger partial charge is 0.00631 e. The Kier molecular flexibility index (Phi) is 3.23. The zero-order valence-electron chi connectivity index (χ0n) is 8.96. The van der Waals surface area contributed by atoms with E-state index in [9.17, 15) is 0 Å². The molecule has 2 saturated heterocycles. The van der Waals surface area contributed by atoms with Gasteiger partial charge >= 0.3 is 0 Å². The number of thioether (sulfide) groups is 1. The molecule has 3 rings (SSSR count). The summed E-state index contributed by atoms with van der Waals surface area (Å²) in [6.07, 6.45) is 8.93. The van der Waals surface area contributed by atoms with Gasteiger partial charge in [0.1, 0.15) is 0 Å². The highest BCUT2D eigenvalue weighted by Gasteiger charge is 2.37. The standard InChI is InChI=1S/C12H22S/c1-3-9(4-2)10-5-6-11-8-12(7-10)13-11/h9-12H,3-8H2,1-2H3. The predicted octanol–water partition coefficient (Wildman–Crippen LogP) is 4.10. The molecule has 3 atom stereocenters. The van der Waals surface area contributed by atoms with Crippen molar-refractivity contribution in [2.75, 3.05) is 0 Å². The van der Waals surface area contributed by atoms with Gasteiger partial charge < -0.3 is 0 Å². The van der Waals surface area contributed by atoms with Crippen LogP contribution in [-0.4, -0.2) is 10.5 Å². The van der Waals surface area contributed by atoms with Gasteiger partial charge in [-0.15, -0.1) is 0 Å². The molecule has 3 fully saturated rings. The van der Waals surface area contributed by atoms with E-state index in [0.717, 1.165) is 22.3 Å². The molecule has 0 nitrogen and oxygen atoms in total. The minimum absolute atomic E-state index is 1.03. The fourth-order valence-corrected chi connectivity index (χ4v) is 4.63. The van der Waals surface area contributed by atoms with Crippen LogP contribution in [0, 0.1) is 11.8 Å². The number of rotatable bonds is 3. The molecule has 1 heteroatoms. The van der Waals surface area contributed by atoms with Gasteiger partial charge in [0.2, 0.25) is 0 Å². The molecule has 2 aliphatic heterocycles. The van der Waals surface area contributed by atoms with Crippen molar-refractivity contribution in [3.05, 3.63) is 0 Å². The third-order valence-electron chi connectivity index (χ3n) is 4.05. The molecule has 3 unspecified atom stereocenters. The van der Waals surface area contributed by atoms with Gasteiger partial charge in [0, 0.05) is 10.5 Å². The summed E-state index contributed by atoms with van der Waals surface area (Å²) < 4.78 is 0. The first kappa shape index (κ1) is 9.89. The fourth-order valence-electron chi connectivity index (χ4n) is 3.13. The van der Waals surface area contributed by atoms with Crippen LogP contribution in [0.4, 0.5) is 0 Å². The van der Waals surface area contributed by atoms with E-state index in [0.29, 0.717) is 0 Å². The maximum Gasteiger partial charge on any atom is 0.00631 e. The van der Waals surface area contributed by atoms with Crippen molar-refractivity contribution in [2.45, 2.75) is 62.9 Å². The summed E-state index contributed by atoms with van der Waals surface area (Å²) in [6, 6.07) is 0. The normalized spacial score (nSPS) is 38.5. The van der Waals surface area contributed by atoms with Crippen LogP contribution in [0.1, 0.15) is 52.4 Å². The molecule has 2 heterocycles. The van der Waals surface area contributed by atoms with E-state index in [1.54, 1.807) is 6.42 Å². The largest absolute Gasteiger partial charge is 0.155 e. The van der Waals surface area contributed by atoms with E-state index in [1.165, 1.54) is 32.1 Å². The van der Waals surface area contributed by atoms with Crippen molar-refractivity contribution < 1.29 is 0 Å². The average Bonchev–Trinajstić information content (AvgIpc) is 2.37. The van der Waals surface area contributed by atoms with E-state index >= 15 is 0 Å². The Morgan fingerprint density at radius 1 is 1.08 bits per heavy atom. The van der Waals surface area contributed by atoms with Gasteiger partial charge in [0.05, 0.1) is 0 Å². The predicted molar refractivity (Wildman–Crippen MR) is 61.2 cm³/mol. The quantitative estimate of drug-likeness (QED) is 0.658. The fraction of sp³-hybridized carbons (Fsp3) is 1.00. The maximum atomic E-state index is 2.37. The SMILES string of the molecule is CCC(CC)C1CCC2CC(C1)S2. The van der Waals surface area contributed by atoms with Crippen LogP contribution in [0.2, 0.25) is 0 Å². The Labute approximate surface area is 86.9 Å². The van der Waals surface area contributed by atoms with Crippen molar-refractivity contribution in [3.63, 3.8) is 0 Å². The lowest BCUT2D eigenvalue weighted by Crippen LogP contribution is -2.24. The van der Waals surface area contributed by atoms with Gasteiger partial charge in [0.15, 0.2) is 0 Å². The number of hydrogen-bond donors (Lipinski definition) is 0. The van der Waals surface area contributed by atoms with E-state index in [4.69, 9.17) is 0 Å². The summed E-state index contributed by atoms with van der Waals surface area (Å²) in [7, 11) is 0. The zero-order chi connectivity index (χ0) is 9.26. The topological polar surface area (TPSA) is 0 Å². The van der Waals surface area contributed by atoms with Crippen molar-refractivity contribution in [2.24, 2.45) is 11.8 Å². The Morgan fingerprint density at radius 2 is 1.77 bits per heavy atom. The van der Waals surface area contributed by atoms with Gasteiger partial charge in [-0.25, -0.2) is 0 Å². The molecule has 0 aromatic carbocycles. The second-order valence-corrected chi connectivity index (χ2v) is 6.37. The van der Waals surface area contributed by atoms with E-state index < -0.39 is 0 Å². The summed E-state index contributed by atoms with van der Waals surface area (Å²) in [5, 5.41) is 2.11. The third-order valence-corrected chi connectivity index (χ3v) is 5.63. The lowest BCUT2D eigenvalue weighted by atomic mass is 9.83. The van der Waals surface area contributed by atoms with Crippen LogP contribution in [0.15, 0.2) is 0 Å². The zero-order valence-corrected chi connectivity index (χ0v) is 9.78. The summed E-state index contributed by atoms with van der Waals surface area (Å²) in [6.45, 7) is 4.74. The molecule has 0 aromatic heterocycles. The molecular formula is C12H22S. The summed E-state index contributed by atoms with van der Waals surface area (Å²) in [5.41, 5.74) is 0. The van der Waals surface area contributed by atoms with Crippen LogP contribution in [0.3, 0.4) is 0 Å². The lowest BCUT2D eigenvalue weighted by Gasteiger charge is -2.32.